The maximum absolute atomic E-state index is 13.6. The second-order valence-electron chi connectivity index (χ2n) is 8.97. The third kappa shape index (κ3) is 2.91. The maximum Gasteiger partial charge on any atom is 0.313 e. The van der Waals surface area contributed by atoms with E-state index in [9.17, 15) is 14.4 Å². The molecule has 6 nitrogen and oxygen atoms in total. The standard InChI is InChI=1S/C28H23NO5/c1-33-20-12-6-7-13-21(20)34-22(30)14-15-29-27(31)25-23-16-8-2-3-9-17(16)24(26(25)28(29)32)19-11-5-4-10-18(19)23/h2-13,23-26H,14-15H2,1H3. The number of amides is 2. The van der Waals surface area contributed by atoms with Crippen LogP contribution in [0, 0.1) is 11.8 Å². The largest absolute Gasteiger partial charge is 0.493 e. The Morgan fingerprint density at radius 3 is 1.65 bits per heavy atom. The number of rotatable bonds is 5. The van der Waals surface area contributed by atoms with Crippen molar-refractivity contribution in [3.8, 4) is 11.5 Å². The van der Waals surface area contributed by atoms with Gasteiger partial charge < -0.3 is 9.47 Å². The lowest BCUT2D eigenvalue weighted by atomic mass is 9.55. The first kappa shape index (κ1) is 20.7. The lowest BCUT2D eigenvalue weighted by Gasteiger charge is -2.45. The van der Waals surface area contributed by atoms with E-state index < -0.39 is 17.8 Å². The molecule has 0 spiro atoms. The smallest absolute Gasteiger partial charge is 0.313 e. The first-order chi connectivity index (χ1) is 16.6. The van der Waals surface area contributed by atoms with Crippen LogP contribution in [0.4, 0.5) is 0 Å². The fourth-order valence-corrected chi connectivity index (χ4v) is 6.04. The van der Waals surface area contributed by atoms with Crippen LogP contribution in [0.2, 0.25) is 0 Å². The summed E-state index contributed by atoms with van der Waals surface area (Å²) in [7, 11) is 1.50. The molecule has 34 heavy (non-hydrogen) atoms. The van der Waals surface area contributed by atoms with Gasteiger partial charge in [-0.1, -0.05) is 60.7 Å². The normalized spacial score (nSPS) is 23.9. The predicted molar refractivity (Wildman–Crippen MR) is 124 cm³/mol. The Bertz CT molecular complexity index is 1220. The van der Waals surface area contributed by atoms with Gasteiger partial charge in [0.1, 0.15) is 0 Å². The van der Waals surface area contributed by atoms with Gasteiger partial charge in [-0.3, -0.25) is 19.3 Å². The molecule has 2 atom stereocenters. The Labute approximate surface area is 197 Å². The summed E-state index contributed by atoms with van der Waals surface area (Å²) in [5, 5.41) is 0. The zero-order valence-corrected chi connectivity index (χ0v) is 18.6. The zero-order chi connectivity index (χ0) is 23.4. The van der Waals surface area contributed by atoms with E-state index in [1.165, 1.54) is 12.0 Å². The van der Waals surface area contributed by atoms with Crippen molar-refractivity contribution in [2.75, 3.05) is 13.7 Å². The number of para-hydroxylation sites is 2. The predicted octanol–water partition coefficient (Wildman–Crippen LogP) is 3.88. The number of nitrogens with zero attached hydrogens (tertiary/aromatic N) is 1. The summed E-state index contributed by atoms with van der Waals surface area (Å²) in [4.78, 5) is 40.9. The molecule has 0 saturated carbocycles. The van der Waals surface area contributed by atoms with Crippen LogP contribution < -0.4 is 9.47 Å². The zero-order valence-electron chi connectivity index (χ0n) is 18.6. The highest BCUT2D eigenvalue weighted by molar-refractivity contribution is 6.07. The average molecular weight is 453 g/mol. The van der Waals surface area contributed by atoms with E-state index in [4.69, 9.17) is 9.47 Å². The molecular weight excluding hydrogens is 430 g/mol. The topological polar surface area (TPSA) is 72.9 Å². The minimum atomic E-state index is -0.519. The maximum atomic E-state index is 13.6. The molecule has 0 aromatic heterocycles. The van der Waals surface area contributed by atoms with Crippen LogP contribution >= 0.6 is 0 Å². The van der Waals surface area contributed by atoms with Crippen LogP contribution in [-0.2, 0) is 14.4 Å². The van der Waals surface area contributed by atoms with Gasteiger partial charge in [-0.2, -0.15) is 0 Å². The number of methoxy groups -OCH3 is 1. The van der Waals surface area contributed by atoms with E-state index in [1.807, 2.05) is 24.3 Å². The van der Waals surface area contributed by atoms with Crippen molar-refractivity contribution in [2.45, 2.75) is 18.3 Å². The Morgan fingerprint density at radius 1 is 0.735 bits per heavy atom. The molecule has 2 bridgehead atoms. The van der Waals surface area contributed by atoms with E-state index in [-0.39, 0.29) is 36.6 Å². The van der Waals surface area contributed by atoms with Crippen LogP contribution in [0.1, 0.15) is 40.5 Å². The second kappa shape index (κ2) is 7.83. The SMILES string of the molecule is COc1ccccc1OC(=O)CCN1C(=O)C2C3c4ccccc4C(c4ccccc43)C2C1=O. The van der Waals surface area contributed by atoms with Crippen LogP contribution in [0.3, 0.4) is 0 Å². The van der Waals surface area contributed by atoms with Gasteiger partial charge in [0.15, 0.2) is 11.5 Å². The molecular formula is C28H23NO5. The molecule has 1 fully saturated rings. The Hall–Kier alpha value is -3.93. The number of hydrogen-bond acceptors (Lipinski definition) is 5. The highest BCUT2D eigenvalue weighted by atomic mass is 16.6. The second-order valence-corrected chi connectivity index (χ2v) is 8.97. The number of likely N-dealkylation sites (tertiary alicyclic amines) is 1. The Kier molecular flexibility index (Phi) is 4.76. The number of carbonyl (C=O) groups excluding carboxylic acids is 3. The molecule has 1 aliphatic heterocycles. The van der Waals surface area contributed by atoms with E-state index >= 15 is 0 Å². The lowest BCUT2D eigenvalue weighted by Crippen LogP contribution is -2.41. The molecule has 170 valence electrons. The molecule has 6 heteroatoms. The van der Waals surface area contributed by atoms with Crippen molar-refractivity contribution in [1.82, 2.24) is 4.90 Å². The first-order valence-electron chi connectivity index (χ1n) is 11.5. The number of esters is 1. The average Bonchev–Trinajstić information content (AvgIpc) is 3.13. The van der Waals surface area contributed by atoms with Crippen molar-refractivity contribution in [3.05, 3.63) is 95.1 Å². The monoisotopic (exact) mass is 453 g/mol. The van der Waals surface area contributed by atoms with Crippen molar-refractivity contribution < 1.29 is 23.9 Å². The summed E-state index contributed by atoms with van der Waals surface area (Å²) >= 11 is 0. The lowest BCUT2D eigenvalue weighted by molar-refractivity contribution is -0.141. The number of benzene rings is 3. The van der Waals surface area contributed by atoms with Crippen molar-refractivity contribution in [3.63, 3.8) is 0 Å². The third-order valence-corrected chi connectivity index (χ3v) is 7.37. The fourth-order valence-electron chi connectivity index (χ4n) is 6.04. The Balaban J connectivity index is 1.27. The van der Waals surface area contributed by atoms with Gasteiger partial charge in [0.25, 0.3) is 0 Å². The molecule has 7 rings (SSSR count). The van der Waals surface area contributed by atoms with Crippen molar-refractivity contribution in [1.29, 1.82) is 0 Å². The van der Waals surface area contributed by atoms with E-state index in [2.05, 4.69) is 24.3 Å². The van der Waals surface area contributed by atoms with Crippen LogP contribution in [0.15, 0.2) is 72.8 Å². The summed E-state index contributed by atoms with van der Waals surface area (Å²) in [6.45, 7) is 0.00474. The molecule has 2 unspecified atom stereocenters. The number of hydrogen-bond donors (Lipinski definition) is 0. The highest BCUT2D eigenvalue weighted by Crippen LogP contribution is 2.60. The summed E-state index contributed by atoms with van der Waals surface area (Å²) in [6.07, 6.45) is -0.0792. The summed E-state index contributed by atoms with van der Waals surface area (Å²) in [5.74, 6) is -1.32. The summed E-state index contributed by atoms with van der Waals surface area (Å²) < 4.78 is 10.6. The van der Waals surface area contributed by atoms with Gasteiger partial charge in [-0.25, -0.2) is 0 Å². The fraction of sp³-hybridized carbons (Fsp3) is 0.250. The highest BCUT2D eigenvalue weighted by Gasteiger charge is 2.61. The van der Waals surface area contributed by atoms with Gasteiger partial charge >= 0.3 is 5.97 Å². The molecule has 3 aliphatic carbocycles. The third-order valence-electron chi connectivity index (χ3n) is 7.37. The van der Waals surface area contributed by atoms with E-state index in [0.717, 1.165) is 22.3 Å². The Morgan fingerprint density at radius 2 is 1.18 bits per heavy atom. The molecule has 1 heterocycles. The van der Waals surface area contributed by atoms with Crippen LogP contribution in [0.5, 0.6) is 11.5 Å². The van der Waals surface area contributed by atoms with Crippen LogP contribution in [-0.4, -0.2) is 36.3 Å². The first-order valence-corrected chi connectivity index (χ1v) is 11.5. The van der Waals surface area contributed by atoms with Gasteiger partial charge in [-0.05, 0) is 34.4 Å². The van der Waals surface area contributed by atoms with E-state index in [0.29, 0.717) is 11.5 Å². The number of carbonyl (C=O) groups is 3. The number of imide groups is 1. The minimum Gasteiger partial charge on any atom is -0.493 e. The summed E-state index contributed by atoms with van der Waals surface area (Å²) in [6, 6.07) is 23.1. The molecule has 3 aromatic carbocycles. The molecule has 3 aromatic rings. The minimum absolute atomic E-state index is 0.00474. The molecule has 1 saturated heterocycles. The number of ether oxygens (including phenoxy) is 2. The van der Waals surface area contributed by atoms with E-state index in [1.54, 1.807) is 24.3 Å². The molecule has 4 aliphatic rings. The summed E-state index contributed by atoms with van der Waals surface area (Å²) in [5.41, 5.74) is 4.52. The van der Waals surface area contributed by atoms with Gasteiger partial charge in [-0.15, -0.1) is 0 Å². The quantitative estimate of drug-likeness (QED) is 0.333. The van der Waals surface area contributed by atoms with Crippen molar-refractivity contribution in [2.24, 2.45) is 11.8 Å². The van der Waals surface area contributed by atoms with Gasteiger partial charge in [0.2, 0.25) is 11.8 Å². The van der Waals surface area contributed by atoms with Crippen molar-refractivity contribution >= 4 is 17.8 Å². The molecule has 2 amide bonds. The molecule has 0 N–H and O–H groups in total. The van der Waals surface area contributed by atoms with Gasteiger partial charge in [0, 0.05) is 18.4 Å². The van der Waals surface area contributed by atoms with Crippen LogP contribution in [0.25, 0.3) is 0 Å². The van der Waals surface area contributed by atoms with Gasteiger partial charge in [0.05, 0.1) is 25.4 Å². The molecule has 0 radical (unpaired) electrons.